The first kappa shape index (κ1) is 22.5. The fourth-order valence-corrected chi connectivity index (χ4v) is 0. The Labute approximate surface area is 79.9 Å². The first-order valence-corrected chi connectivity index (χ1v) is 1.82. The third kappa shape index (κ3) is 878000. The van der Waals surface area contributed by atoms with Gasteiger partial charge in [0, 0.05) is 11.9 Å². The molecule has 0 saturated heterocycles. The standard InChI is InChI=1S/2C2H4O2.2Cu/c2*1-2(3)4;;/h2*1H3,(H,3,4);;/q;;2*+1/p-2. The van der Waals surface area contributed by atoms with Gasteiger partial charge in [-0.25, -0.2) is 0 Å². The van der Waals surface area contributed by atoms with Crippen LogP contribution in [0.5, 0.6) is 0 Å². The van der Waals surface area contributed by atoms with Crippen molar-refractivity contribution in [3.05, 3.63) is 0 Å². The third-order valence-corrected chi connectivity index (χ3v) is 0. The minimum Gasteiger partial charge on any atom is -0.550 e. The molecule has 0 spiro atoms. The molecule has 0 N–H and O–H groups in total. The molecule has 68 valence electrons. The van der Waals surface area contributed by atoms with E-state index < -0.39 is 11.9 Å². The average Bonchev–Trinajstić information content (AvgIpc) is 1.25. The zero-order valence-corrected chi connectivity index (χ0v) is 7.12. The van der Waals surface area contributed by atoms with Gasteiger partial charge in [-0.15, -0.1) is 0 Å². The van der Waals surface area contributed by atoms with E-state index in [1.54, 1.807) is 0 Å². The molecule has 4 nitrogen and oxygen atoms in total. The summed E-state index contributed by atoms with van der Waals surface area (Å²) in [4.78, 5) is 17.8. The summed E-state index contributed by atoms with van der Waals surface area (Å²) in [5, 5.41) is 17.8. The van der Waals surface area contributed by atoms with Crippen molar-refractivity contribution in [3.63, 3.8) is 0 Å². The molecular formula is C4H6Cu2O4. The van der Waals surface area contributed by atoms with Crippen LogP contribution in [0.15, 0.2) is 0 Å². The zero-order valence-electron chi connectivity index (χ0n) is 5.24. The van der Waals surface area contributed by atoms with Gasteiger partial charge in [-0.2, -0.15) is 0 Å². The van der Waals surface area contributed by atoms with Crippen molar-refractivity contribution in [2.24, 2.45) is 0 Å². The molecule has 0 rings (SSSR count). The quantitative estimate of drug-likeness (QED) is 0.442. The zero-order chi connectivity index (χ0) is 7.15. The molecule has 0 aliphatic heterocycles. The fraction of sp³-hybridized carbons (Fsp3) is 0.500. The van der Waals surface area contributed by atoms with Gasteiger partial charge in [0.2, 0.25) is 0 Å². The van der Waals surface area contributed by atoms with Gasteiger partial charge in [-0.05, 0) is 13.8 Å². The maximum Gasteiger partial charge on any atom is 1.00 e. The summed E-state index contributed by atoms with van der Waals surface area (Å²) < 4.78 is 0. The van der Waals surface area contributed by atoms with Crippen LogP contribution in [0.2, 0.25) is 0 Å². The van der Waals surface area contributed by atoms with Crippen LogP contribution in [0.25, 0.3) is 0 Å². The van der Waals surface area contributed by atoms with Crippen LogP contribution < -0.4 is 10.2 Å². The van der Waals surface area contributed by atoms with Gasteiger partial charge in [0.05, 0.1) is 0 Å². The molecular weight excluding hydrogens is 239 g/mol. The first-order chi connectivity index (χ1) is 3.46. The van der Waals surface area contributed by atoms with E-state index in [0.29, 0.717) is 0 Å². The minimum absolute atomic E-state index is 0. The smallest absolute Gasteiger partial charge is 0.550 e. The van der Waals surface area contributed by atoms with E-state index in [2.05, 4.69) is 0 Å². The molecule has 0 bridgehead atoms. The second kappa shape index (κ2) is 16.0. The predicted octanol–water partition coefficient (Wildman–Crippen LogP) is -2.49. The van der Waals surface area contributed by atoms with Crippen molar-refractivity contribution in [3.8, 4) is 0 Å². The Bertz CT molecular complexity index is 73.3. The Morgan fingerprint density at radius 1 is 0.900 bits per heavy atom. The van der Waals surface area contributed by atoms with Crippen molar-refractivity contribution >= 4 is 11.9 Å². The van der Waals surface area contributed by atoms with Crippen LogP contribution in [0.3, 0.4) is 0 Å². The predicted molar refractivity (Wildman–Crippen MR) is 21.4 cm³/mol. The number of hydrogen-bond donors (Lipinski definition) is 0. The van der Waals surface area contributed by atoms with E-state index in [4.69, 9.17) is 19.8 Å². The van der Waals surface area contributed by atoms with Gasteiger partial charge in [0.1, 0.15) is 0 Å². The van der Waals surface area contributed by atoms with E-state index in [0.717, 1.165) is 13.8 Å². The van der Waals surface area contributed by atoms with Crippen LogP contribution in [0.4, 0.5) is 0 Å². The second-order valence-corrected chi connectivity index (χ2v) is 0.983. The van der Waals surface area contributed by atoms with Crippen molar-refractivity contribution in [2.75, 3.05) is 0 Å². The fourth-order valence-electron chi connectivity index (χ4n) is 0. The summed E-state index contributed by atoms with van der Waals surface area (Å²) in [6.07, 6.45) is 0. The van der Waals surface area contributed by atoms with E-state index in [1.807, 2.05) is 0 Å². The number of carbonyl (C=O) groups excluding carboxylic acids is 2. The number of aliphatic carboxylic acids is 2. The molecule has 0 amide bonds. The summed E-state index contributed by atoms with van der Waals surface area (Å²) >= 11 is 0. The van der Waals surface area contributed by atoms with Crippen LogP contribution in [0.1, 0.15) is 13.8 Å². The molecule has 0 aliphatic carbocycles. The molecule has 0 heterocycles. The van der Waals surface area contributed by atoms with Gasteiger partial charge < -0.3 is 19.8 Å². The van der Waals surface area contributed by atoms with Gasteiger partial charge in [-0.3, -0.25) is 0 Å². The Balaban J connectivity index is -0.0000000300. The molecule has 0 saturated carbocycles. The molecule has 0 fully saturated rings. The molecule has 0 aromatic carbocycles. The Morgan fingerprint density at radius 3 is 0.900 bits per heavy atom. The molecule has 0 aromatic heterocycles. The summed E-state index contributed by atoms with van der Waals surface area (Å²) in [6.45, 7) is 1.94. The van der Waals surface area contributed by atoms with E-state index in [-0.39, 0.29) is 34.1 Å². The van der Waals surface area contributed by atoms with E-state index in [9.17, 15) is 0 Å². The summed E-state index contributed by atoms with van der Waals surface area (Å²) in [6, 6.07) is 0. The maximum absolute atomic E-state index is 8.89. The monoisotopic (exact) mass is 244 g/mol. The van der Waals surface area contributed by atoms with Crippen LogP contribution in [0, 0.1) is 0 Å². The molecule has 10 heavy (non-hydrogen) atoms. The van der Waals surface area contributed by atoms with Gasteiger partial charge >= 0.3 is 34.1 Å². The SMILES string of the molecule is CC(=O)[O-].CC(=O)[O-].[Cu+].[Cu+]. The summed E-state index contributed by atoms with van der Waals surface area (Å²) in [5.74, 6) is -2.17. The normalized spacial score (nSPS) is 5.00. The van der Waals surface area contributed by atoms with Gasteiger partial charge in [0.25, 0.3) is 0 Å². The number of rotatable bonds is 0. The number of carbonyl (C=O) groups is 2. The largest absolute Gasteiger partial charge is 1.00 e. The van der Waals surface area contributed by atoms with Crippen molar-refractivity contribution in [2.45, 2.75) is 13.8 Å². The van der Waals surface area contributed by atoms with Crippen LogP contribution in [-0.2, 0) is 43.7 Å². The molecule has 6 heteroatoms. The number of hydrogen-bond acceptors (Lipinski definition) is 4. The summed E-state index contributed by atoms with van der Waals surface area (Å²) in [5.41, 5.74) is 0. The first-order valence-electron chi connectivity index (χ1n) is 1.82. The van der Waals surface area contributed by atoms with Crippen molar-refractivity contribution in [1.82, 2.24) is 0 Å². The molecule has 0 atom stereocenters. The molecule has 0 unspecified atom stereocenters. The molecule has 0 aliphatic rings. The Hall–Kier alpha value is -0.0210. The number of carboxylic acids is 2. The van der Waals surface area contributed by atoms with E-state index in [1.165, 1.54) is 0 Å². The van der Waals surface area contributed by atoms with Crippen LogP contribution >= 0.6 is 0 Å². The minimum atomic E-state index is -1.08. The maximum atomic E-state index is 8.89. The Kier molecular flexibility index (Phi) is 36.0. The second-order valence-electron chi connectivity index (χ2n) is 0.983. The molecule has 0 aromatic rings. The topological polar surface area (TPSA) is 80.3 Å². The van der Waals surface area contributed by atoms with E-state index >= 15 is 0 Å². The average molecular weight is 245 g/mol. The van der Waals surface area contributed by atoms with Crippen molar-refractivity contribution in [1.29, 1.82) is 0 Å². The number of carboxylic acid groups (broad SMARTS) is 2. The Morgan fingerprint density at radius 2 is 0.900 bits per heavy atom. The van der Waals surface area contributed by atoms with Gasteiger partial charge in [-0.1, -0.05) is 0 Å². The third-order valence-electron chi connectivity index (χ3n) is 0. The van der Waals surface area contributed by atoms with Crippen LogP contribution in [-0.4, -0.2) is 11.9 Å². The molecule has 0 radical (unpaired) electrons. The van der Waals surface area contributed by atoms with Gasteiger partial charge in [0.15, 0.2) is 0 Å². The summed E-state index contributed by atoms with van der Waals surface area (Å²) in [7, 11) is 0. The van der Waals surface area contributed by atoms with Crippen molar-refractivity contribution < 1.29 is 53.9 Å².